The van der Waals surface area contributed by atoms with Crippen LogP contribution in [0.4, 0.5) is 5.00 Å². The Labute approximate surface area is 172 Å². The smallest absolute Gasteiger partial charge is 0.310 e. The summed E-state index contributed by atoms with van der Waals surface area (Å²) in [6.07, 6.45) is 5.35. The average Bonchev–Trinajstić information content (AvgIpc) is 3.41. The van der Waals surface area contributed by atoms with Crippen molar-refractivity contribution in [1.82, 2.24) is 0 Å². The van der Waals surface area contributed by atoms with Crippen LogP contribution >= 0.6 is 11.3 Å². The van der Waals surface area contributed by atoms with Crippen molar-refractivity contribution in [1.29, 1.82) is 5.26 Å². The molecule has 4 rings (SSSR count). The molecule has 1 aliphatic carbocycles. The quantitative estimate of drug-likeness (QED) is 0.619. The van der Waals surface area contributed by atoms with Crippen molar-refractivity contribution in [3.8, 4) is 6.07 Å². The van der Waals surface area contributed by atoms with E-state index >= 15 is 0 Å². The van der Waals surface area contributed by atoms with E-state index in [1.54, 1.807) is 6.26 Å². The number of amides is 1. The molecule has 6 nitrogen and oxygen atoms in total. The molecule has 29 heavy (non-hydrogen) atoms. The van der Waals surface area contributed by atoms with Gasteiger partial charge in [0.15, 0.2) is 6.61 Å². The first kappa shape index (κ1) is 19.2. The number of nitrogens with zero attached hydrogens (tertiary/aromatic N) is 1. The van der Waals surface area contributed by atoms with Crippen LogP contribution in [0.2, 0.25) is 0 Å². The maximum Gasteiger partial charge on any atom is 0.310 e. The Hall–Kier alpha value is -3.11. The lowest BCUT2D eigenvalue weighted by atomic mass is 10.1. The van der Waals surface area contributed by atoms with Crippen LogP contribution in [0.25, 0.3) is 11.0 Å². The molecule has 0 saturated heterocycles. The fourth-order valence-electron chi connectivity index (χ4n) is 3.61. The Bertz CT molecular complexity index is 1140. The zero-order valence-corrected chi connectivity index (χ0v) is 16.9. The van der Waals surface area contributed by atoms with Crippen LogP contribution in [0, 0.1) is 11.3 Å². The number of furan rings is 1. The van der Waals surface area contributed by atoms with Gasteiger partial charge in [0.05, 0.1) is 18.2 Å². The van der Waals surface area contributed by atoms with E-state index in [1.165, 1.54) is 11.3 Å². The maximum absolute atomic E-state index is 12.2. The van der Waals surface area contributed by atoms with Crippen molar-refractivity contribution >= 4 is 39.2 Å². The molecule has 148 valence electrons. The first-order valence-electron chi connectivity index (χ1n) is 9.58. The van der Waals surface area contributed by atoms with Crippen molar-refractivity contribution in [2.45, 2.75) is 39.0 Å². The Balaban J connectivity index is 1.34. The SMILES string of the molecule is CCc1ccc2c(CC(=O)OCC(=O)Nc3sc4c(c3C#N)CCC4)coc2c1. The van der Waals surface area contributed by atoms with Crippen LogP contribution in [0.5, 0.6) is 0 Å². The molecule has 0 radical (unpaired) electrons. The topological polar surface area (TPSA) is 92.3 Å². The second-order valence-electron chi connectivity index (χ2n) is 7.00. The molecule has 3 aromatic rings. The molecule has 0 atom stereocenters. The molecular formula is C22H20N2O4S. The molecule has 1 amide bonds. The van der Waals surface area contributed by atoms with Gasteiger partial charge in [0, 0.05) is 15.8 Å². The number of esters is 1. The van der Waals surface area contributed by atoms with Crippen molar-refractivity contribution < 1.29 is 18.7 Å². The second kappa shape index (κ2) is 8.10. The van der Waals surface area contributed by atoms with E-state index in [4.69, 9.17) is 9.15 Å². The third-order valence-electron chi connectivity index (χ3n) is 5.11. The Morgan fingerprint density at radius 2 is 2.21 bits per heavy atom. The standard InChI is InChI=1S/C22H20N2O4S/c1-2-13-6-7-15-14(11-27-18(15)8-13)9-21(26)28-12-20(25)24-22-17(10-23)16-4-3-5-19(16)29-22/h6-8,11H,2-5,9,12H2,1H3,(H,24,25). The number of fused-ring (bicyclic) bond motifs is 2. The van der Waals surface area contributed by atoms with Gasteiger partial charge in [-0.2, -0.15) is 5.26 Å². The van der Waals surface area contributed by atoms with Gasteiger partial charge in [-0.1, -0.05) is 19.1 Å². The Morgan fingerprint density at radius 3 is 3.00 bits per heavy atom. The minimum atomic E-state index is -0.503. The van der Waals surface area contributed by atoms with E-state index in [-0.39, 0.29) is 13.0 Å². The number of rotatable bonds is 6. The van der Waals surface area contributed by atoms with Gasteiger partial charge in [-0.25, -0.2) is 0 Å². The summed E-state index contributed by atoms with van der Waals surface area (Å²) in [5.74, 6) is -0.948. The van der Waals surface area contributed by atoms with Crippen LogP contribution in [-0.2, 0) is 40.0 Å². The highest BCUT2D eigenvalue weighted by atomic mass is 32.1. The van der Waals surface area contributed by atoms with E-state index < -0.39 is 11.9 Å². The van der Waals surface area contributed by atoms with Crippen LogP contribution in [0.1, 0.15) is 40.5 Å². The normalized spacial score (nSPS) is 12.6. The molecule has 0 aliphatic heterocycles. The molecule has 2 heterocycles. The van der Waals surface area contributed by atoms with Gasteiger partial charge in [-0.15, -0.1) is 11.3 Å². The fraction of sp³-hybridized carbons (Fsp3) is 0.318. The number of anilines is 1. The Kier molecular flexibility index (Phi) is 5.36. The van der Waals surface area contributed by atoms with E-state index in [2.05, 4.69) is 18.3 Å². The molecule has 1 N–H and O–H groups in total. The molecule has 7 heteroatoms. The zero-order chi connectivity index (χ0) is 20.4. The highest BCUT2D eigenvalue weighted by Crippen LogP contribution is 2.38. The monoisotopic (exact) mass is 408 g/mol. The molecular weight excluding hydrogens is 388 g/mol. The van der Waals surface area contributed by atoms with Gasteiger partial charge in [0.25, 0.3) is 5.91 Å². The number of nitrogens with one attached hydrogen (secondary N) is 1. The highest BCUT2D eigenvalue weighted by molar-refractivity contribution is 7.16. The molecule has 1 aliphatic rings. The zero-order valence-electron chi connectivity index (χ0n) is 16.0. The summed E-state index contributed by atoms with van der Waals surface area (Å²) >= 11 is 1.44. The summed E-state index contributed by atoms with van der Waals surface area (Å²) in [4.78, 5) is 25.5. The van der Waals surface area contributed by atoms with E-state index in [1.807, 2.05) is 18.2 Å². The predicted molar refractivity (Wildman–Crippen MR) is 110 cm³/mol. The molecule has 1 aromatic carbocycles. The molecule has 0 unspecified atom stereocenters. The van der Waals surface area contributed by atoms with Crippen molar-refractivity contribution in [2.24, 2.45) is 0 Å². The largest absolute Gasteiger partial charge is 0.464 e. The van der Waals surface area contributed by atoms with E-state index in [0.29, 0.717) is 10.6 Å². The van der Waals surface area contributed by atoms with Crippen molar-refractivity contribution in [3.05, 3.63) is 51.6 Å². The lowest BCUT2D eigenvalue weighted by Crippen LogP contribution is -2.21. The van der Waals surface area contributed by atoms with Gasteiger partial charge in [-0.05, 0) is 42.9 Å². The summed E-state index contributed by atoms with van der Waals surface area (Å²) in [5, 5.41) is 13.5. The number of hydrogen-bond donors (Lipinski definition) is 1. The Morgan fingerprint density at radius 1 is 1.34 bits per heavy atom. The summed E-state index contributed by atoms with van der Waals surface area (Å²) in [6, 6.07) is 8.08. The summed E-state index contributed by atoms with van der Waals surface area (Å²) in [6.45, 7) is 1.68. The highest BCUT2D eigenvalue weighted by Gasteiger charge is 2.23. The third kappa shape index (κ3) is 3.89. The molecule has 2 aromatic heterocycles. The summed E-state index contributed by atoms with van der Waals surface area (Å²) in [7, 11) is 0. The lowest BCUT2D eigenvalue weighted by molar-refractivity contribution is -0.146. The predicted octanol–water partition coefficient (Wildman–Crippen LogP) is 4.14. The number of carbonyl (C=O) groups excluding carboxylic acids is 2. The van der Waals surface area contributed by atoms with E-state index in [0.717, 1.165) is 58.2 Å². The number of benzene rings is 1. The van der Waals surface area contributed by atoms with Crippen molar-refractivity contribution in [2.75, 3.05) is 11.9 Å². The molecule has 0 bridgehead atoms. The molecule has 0 fully saturated rings. The third-order valence-corrected chi connectivity index (χ3v) is 6.32. The first-order valence-corrected chi connectivity index (χ1v) is 10.4. The number of carbonyl (C=O) groups is 2. The average molecular weight is 408 g/mol. The van der Waals surface area contributed by atoms with Crippen LogP contribution in [0.15, 0.2) is 28.9 Å². The maximum atomic E-state index is 12.2. The second-order valence-corrected chi connectivity index (χ2v) is 8.11. The number of hydrogen-bond acceptors (Lipinski definition) is 6. The molecule has 0 spiro atoms. The summed E-state index contributed by atoms with van der Waals surface area (Å²) < 4.78 is 10.7. The van der Waals surface area contributed by atoms with Crippen LogP contribution in [-0.4, -0.2) is 18.5 Å². The van der Waals surface area contributed by atoms with Gasteiger partial charge < -0.3 is 14.5 Å². The van der Waals surface area contributed by atoms with E-state index in [9.17, 15) is 14.9 Å². The van der Waals surface area contributed by atoms with Gasteiger partial charge in [0.2, 0.25) is 0 Å². The van der Waals surface area contributed by atoms with Crippen molar-refractivity contribution in [3.63, 3.8) is 0 Å². The fourth-order valence-corrected chi connectivity index (χ4v) is 4.87. The number of aryl methyl sites for hydroxylation is 2. The van der Waals surface area contributed by atoms with Gasteiger partial charge >= 0.3 is 5.97 Å². The first-order chi connectivity index (χ1) is 14.1. The number of nitriles is 1. The minimum absolute atomic E-state index is 0.0303. The lowest BCUT2D eigenvalue weighted by Gasteiger charge is -2.06. The van der Waals surface area contributed by atoms with Gasteiger partial charge in [0.1, 0.15) is 16.7 Å². The minimum Gasteiger partial charge on any atom is -0.464 e. The van der Waals surface area contributed by atoms with Crippen LogP contribution < -0.4 is 5.32 Å². The van der Waals surface area contributed by atoms with Crippen LogP contribution in [0.3, 0.4) is 0 Å². The molecule has 0 saturated carbocycles. The number of thiophene rings is 1. The summed E-state index contributed by atoms with van der Waals surface area (Å²) in [5.41, 5.74) is 4.21. The number of ether oxygens (including phenoxy) is 1. The van der Waals surface area contributed by atoms with Gasteiger partial charge in [-0.3, -0.25) is 9.59 Å².